The first-order valence-corrected chi connectivity index (χ1v) is 12.1. The molecule has 4 aliphatic carbocycles. The van der Waals surface area contributed by atoms with Crippen molar-refractivity contribution in [3.05, 3.63) is 29.8 Å². The molecule has 1 aromatic carbocycles. The number of hydrogen-bond acceptors (Lipinski definition) is 4. The van der Waals surface area contributed by atoms with Gasteiger partial charge in [0.25, 0.3) is 0 Å². The quantitative estimate of drug-likeness (QED) is 0.741. The van der Waals surface area contributed by atoms with E-state index in [0.717, 1.165) is 57.2 Å². The monoisotopic (exact) mass is 426 g/mol. The van der Waals surface area contributed by atoms with Crippen molar-refractivity contribution >= 4 is 5.91 Å². The summed E-state index contributed by atoms with van der Waals surface area (Å²) in [5.74, 6) is 1.90. The molecule has 4 saturated carbocycles. The van der Waals surface area contributed by atoms with Crippen LogP contribution in [0.5, 0.6) is 5.75 Å². The van der Waals surface area contributed by atoms with Crippen LogP contribution in [0, 0.1) is 22.2 Å². The van der Waals surface area contributed by atoms with E-state index in [1.165, 1.54) is 24.8 Å². The molecule has 1 amide bonds. The van der Waals surface area contributed by atoms with E-state index in [4.69, 9.17) is 9.47 Å². The largest absolute Gasteiger partial charge is 0.497 e. The first kappa shape index (κ1) is 21.3. The molecule has 0 aromatic heterocycles. The van der Waals surface area contributed by atoms with Crippen molar-refractivity contribution in [1.29, 1.82) is 0 Å². The van der Waals surface area contributed by atoms with Crippen LogP contribution in [0.15, 0.2) is 24.3 Å². The van der Waals surface area contributed by atoms with Crippen LogP contribution in [0.4, 0.5) is 0 Å². The summed E-state index contributed by atoms with van der Waals surface area (Å²) in [6, 6.07) is 8.48. The highest BCUT2D eigenvalue weighted by Gasteiger charge is 2.62. The van der Waals surface area contributed by atoms with Crippen molar-refractivity contribution in [3.8, 4) is 5.75 Å². The summed E-state index contributed by atoms with van der Waals surface area (Å²) in [6.07, 6.45) is 7.17. The van der Waals surface area contributed by atoms with Gasteiger partial charge in [0.05, 0.1) is 31.8 Å². The van der Waals surface area contributed by atoms with Gasteiger partial charge in [0.2, 0.25) is 5.91 Å². The Balaban J connectivity index is 1.33. The van der Waals surface area contributed by atoms with E-state index < -0.39 is 0 Å². The number of benzene rings is 1. The van der Waals surface area contributed by atoms with E-state index in [1.807, 2.05) is 12.1 Å². The Morgan fingerprint density at radius 2 is 1.74 bits per heavy atom. The van der Waals surface area contributed by atoms with Crippen LogP contribution in [0.3, 0.4) is 0 Å². The summed E-state index contributed by atoms with van der Waals surface area (Å²) >= 11 is 0. The minimum absolute atomic E-state index is 0.154. The molecule has 6 rings (SSSR count). The first-order valence-electron chi connectivity index (χ1n) is 12.1. The topological polar surface area (TPSA) is 50.8 Å². The average Bonchev–Trinajstić information content (AvgIpc) is 2.72. The smallest absolute Gasteiger partial charge is 0.226 e. The molecule has 1 aromatic rings. The number of amides is 1. The molecule has 5 aliphatic rings. The van der Waals surface area contributed by atoms with Crippen molar-refractivity contribution in [3.63, 3.8) is 0 Å². The van der Waals surface area contributed by atoms with Crippen LogP contribution in [-0.4, -0.2) is 50.8 Å². The first-order chi connectivity index (χ1) is 14.8. The van der Waals surface area contributed by atoms with Crippen molar-refractivity contribution in [2.75, 3.05) is 40.0 Å². The molecule has 5 heteroatoms. The van der Waals surface area contributed by atoms with E-state index in [-0.39, 0.29) is 11.5 Å². The van der Waals surface area contributed by atoms with E-state index in [0.29, 0.717) is 23.3 Å². The molecule has 1 N–H and O–H groups in total. The molecule has 0 radical (unpaired) electrons. The molecule has 1 saturated heterocycles. The zero-order valence-electron chi connectivity index (χ0n) is 19.4. The van der Waals surface area contributed by atoms with E-state index in [2.05, 4.69) is 36.2 Å². The number of ether oxygens (including phenoxy) is 2. The van der Waals surface area contributed by atoms with Crippen molar-refractivity contribution in [2.24, 2.45) is 22.2 Å². The molecule has 3 atom stereocenters. The third-order valence-electron chi connectivity index (χ3n) is 8.55. The van der Waals surface area contributed by atoms with Crippen molar-refractivity contribution in [2.45, 2.75) is 58.4 Å². The zero-order valence-corrected chi connectivity index (χ0v) is 19.4. The Kier molecular flexibility index (Phi) is 5.33. The van der Waals surface area contributed by atoms with Crippen molar-refractivity contribution in [1.82, 2.24) is 10.2 Å². The Hall–Kier alpha value is -1.59. The molecule has 3 unspecified atom stereocenters. The summed E-state index contributed by atoms with van der Waals surface area (Å²) in [4.78, 5) is 16.2. The van der Waals surface area contributed by atoms with E-state index in [1.54, 1.807) is 7.11 Å². The summed E-state index contributed by atoms with van der Waals surface area (Å²) in [5, 5.41) is 3.45. The van der Waals surface area contributed by atoms with Crippen LogP contribution in [0.1, 0.15) is 64.0 Å². The fraction of sp³-hybridized carbons (Fsp3) is 0.731. The minimum atomic E-state index is -0.154. The van der Waals surface area contributed by atoms with Crippen LogP contribution >= 0.6 is 0 Å². The Labute approximate surface area is 186 Å². The summed E-state index contributed by atoms with van der Waals surface area (Å²) in [5.41, 5.74) is 1.78. The van der Waals surface area contributed by atoms with Gasteiger partial charge >= 0.3 is 0 Å². The summed E-state index contributed by atoms with van der Waals surface area (Å²) in [7, 11) is 1.70. The number of morpholine rings is 1. The minimum Gasteiger partial charge on any atom is -0.497 e. The lowest BCUT2D eigenvalue weighted by Crippen LogP contribution is -2.60. The lowest BCUT2D eigenvalue weighted by atomic mass is 9.40. The second kappa shape index (κ2) is 7.77. The van der Waals surface area contributed by atoms with Crippen LogP contribution in [0.25, 0.3) is 0 Å². The highest BCUT2D eigenvalue weighted by molar-refractivity contribution is 5.83. The molecular weight excluding hydrogens is 388 g/mol. The number of carbonyl (C=O) groups is 1. The van der Waals surface area contributed by atoms with Gasteiger partial charge < -0.3 is 14.8 Å². The fourth-order valence-corrected chi connectivity index (χ4v) is 8.25. The predicted molar refractivity (Wildman–Crippen MR) is 121 cm³/mol. The lowest BCUT2D eigenvalue weighted by Gasteiger charge is -2.64. The predicted octanol–water partition coefficient (Wildman–Crippen LogP) is 4.18. The Morgan fingerprint density at radius 1 is 1.10 bits per heavy atom. The zero-order chi connectivity index (χ0) is 21.7. The third kappa shape index (κ3) is 4.00. The fourth-order valence-electron chi connectivity index (χ4n) is 8.25. The van der Waals surface area contributed by atoms with Crippen molar-refractivity contribution < 1.29 is 14.3 Å². The van der Waals surface area contributed by atoms with Gasteiger partial charge in [0.15, 0.2) is 0 Å². The maximum Gasteiger partial charge on any atom is 0.226 e. The molecular formula is C26H38N2O3. The van der Waals surface area contributed by atoms with Gasteiger partial charge in [-0.05, 0) is 73.0 Å². The summed E-state index contributed by atoms with van der Waals surface area (Å²) < 4.78 is 10.9. The van der Waals surface area contributed by atoms with Crippen LogP contribution < -0.4 is 10.1 Å². The molecule has 1 aliphatic heterocycles. The number of nitrogens with zero attached hydrogens (tertiary/aromatic N) is 1. The van der Waals surface area contributed by atoms with E-state index >= 15 is 0 Å². The van der Waals surface area contributed by atoms with E-state index in [9.17, 15) is 4.79 Å². The number of rotatable bonds is 6. The van der Waals surface area contributed by atoms with Gasteiger partial charge in [-0.3, -0.25) is 9.69 Å². The second-order valence-corrected chi connectivity index (χ2v) is 11.6. The number of hydrogen-bond donors (Lipinski definition) is 1. The SMILES string of the molecule is COc1ccc(C(CNC(=O)C23CC4CC(C)(CC(C)(C4)C2)C3)N2CCOCC2)cc1. The average molecular weight is 427 g/mol. The third-order valence-corrected chi connectivity index (χ3v) is 8.55. The Bertz CT molecular complexity index is 798. The highest BCUT2D eigenvalue weighted by Crippen LogP contribution is 2.69. The highest BCUT2D eigenvalue weighted by atomic mass is 16.5. The number of nitrogens with one attached hydrogen (secondary N) is 1. The Morgan fingerprint density at radius 3 is 2.32 bits per heavy atom. The van der Waals surface area contributed by atoms with Crippen LogP contribution in [0.2, 0.25) is 0 Å². The van der Waals surface area contributed by atoms with Crippen LogP contribution in [-0.2, 0) is 9.53 Å². The molecule has 5 fully saturated rings. The maximum atomic E-state index is 13.7. The van der Waals surface area contributed by atoms with Gasteiger partial charge in [-0.25, -0.2) is 0 Å². The molecule has 0 spiro atoms. The standard InChI is InChI=1S/C26H38N2O3/c1-24-12-19-13-25(2,16-24)18-26(14-19,17-24)23(29)27-15-22(28-8-10-31-11-9-28)20-4-6-21(30-3)7-5-20/h4-7,19,22H,8-18H2,1-3H3,(H,27,29). The maximum absolute atomic E-state index is 13.7. The van der Waals surface area contributed by atoms with Gasteiger partial charge in [-0.1, -0.05) is 26.0 Å². The lowest BCUT2D eigenvalue weighted by molar-refractivity contribution is -0.170. The molecule has 170 valence electrons. The summed E-state index contributed by atoms with van der Waals surface area (Å²) in [6.45, 7) is 8.83. The molecule has 1 heterocycles. The molecule has 5 nitrogen and oxygen atoms in total. The second-order valence-electron chi connectivity index (χ2n) is 11.6. The molecule has 31 heavy (non-hydrogen) atoms. The number of methoxy groups -OCH3 is 1. The van der Waals surface area contributed by atoms with Gasteiger partial charge in [-0.15, -0.1) is 0 Å². The molecule has 4 bridgehead atoms. The van der Waals surface area contributed by atoms with Gasteiger partial charge in [0.1, 0.15) is 5.75 Å². The van der Waals surface area contributed by atoms with Gasteiger partial charge in [0, 0.05) is 19.6 Å². The van der Waals surface area contributed by atoms with Gasteiger partial charge in [-0.2, -0.15) is 0 Å². The normalized spacial score (nSPS) is 38.1. The number of carbonyl (C=O) groups excluding carboxylic acids is 1.